The third-order valence-corrected chi connectivity index (χ3v) is 3.61. The van der Waals surface area contributed by atoms with E-state index >= 15 is 0 Å². The van der Waals surface area contributed by atoms with Crippen molar-refractivity contribution in [2.45, 2.75) is 51.8 Å². The first kappa shape index (κ1) is 16.7. The van der Waals surface area contributed by atoms with E-state index in [1.54, 1.807) is 17.0 Å². The molecule has 1 heterocycles. The number of ether oxygens (including phenoxy) is 1. The zero-order valence-corrected chi connectivity index (χ0v) is 13.6. The fraction of sp³-hybridized carbons (Fsp3) is 0.588. The maximum atomic E-state index is 13.6. The Morgan fingerprint density at radius 2 is 2.14 bits per heavy atom. The highest BCUT2D eigenvalue weighted by Crippen LogP contribution is 2.16. The van der Waals surface area contributed by atoms with E-state index in [0.717, 1.165) is 12.8 Å². The van der Waals surface area contributed by atoms with E-state index < -0.39 is 5.60 Å². The largest absolute Gasteiger partial charge is 0.444 e. The van der Waals surface area contributed by atoms with Gasteiger partial charge in [0.05, 0.1) is 0 Å². The number of hydrogen-bond acceptors (Lipinski definition) is 3. The summed E-state index contributed by atoms with van der Waals surface area (Å²) in [6.07, 6.45) is 1.63. The summed E-state index contributed by atoms with van der Waals surface area (Å²) in [5, 5.41) is 3.34. The van der Waals surface area contributed by atoms with Gasteiger partial charge in [-0.25, -0.2) is 9.18 Å². The first-order chi connectivity index (χ1) is 10.3. The molecule has 0 radical (unpaired) electrons. The summed E-state index contributed by atoms with van der Waals surface area (Å²) in [5.74, 6) is -0.199. The number of halogens is 1. The molecule has 1 aromatic carbocycles. The van der Waals surface area contributed by atoms with Gasteiger partial charge in [0.25, 0.3) is 0 Å². The predicted molar refractivity (Wildman–Crippen MR) is 84.1 cm³/mol. The molecule has 1 aliphatic heterocycles. The number of nitrogens with zero attached hydrogens (tertiary/aromatic N) is 1. The number of carbonyl (C=O) groups excluding carboxylic acids is 1. The van der Waals surface area contributed by atoms with E-state index in [1.807, 2.05) is 26.8 Å². The second kappa shape index (κ2) is 7.09. The van der Waals surface area contributed by atoms with Crippen LogP contribution in [0.15, 0.2) is 24.3 Å². The van der Waals surface area contributed by atoms with Crippen LogP contribution in [0.2, 0.25) is 0 Å². The Kier molecular flexibility index (Phi) is 5.40. The lowest BCUT2D eigenvalue weighted by Crippen LogP contribution is -2.49. The zero-order valence-electron chi connectivity index (χ0n) is 13.6. The van der Waals surface area contributed by atoms with Gasteiger partial charge in [0.15, 0.2) is 0 Å². The minimum atomic E-state index is -0.482. The third kappa shape index (κ3) is 4.98. The summed E-state index contributed by atoms with van der Waals surface area (Å²) in [4.78, 5) is 13.8. The summed E-state index contributed by atoms with van der Waals surface area (Å²) in [7, 11) is 0. The van der Waals surface area contributed by atoms with Crippen LogP contribution < -0.4 is 5.32 Å². The minimum absolute atomic E-state index is 0.167. The van der Waals surface area contributed by atoms with Crippen molar-refractivity contribution < 1.29 is 13.9 Å². The Hall–Kier alpha value is -1.62. The van der Waals surface area contributed by atoms with Crippen molar-refractivity contribution in [2.75, 3.05) is 13.1 Å². The molecular weight excluding hydrogens is 283 g/mol. The Labute approximate surface area is 131 Å². The molecule has 0 aromatic heterocycles. The van der Waals surface area contributed by atoms with E-state index in [-0.39, 0.29) is 18.0 Å². The first-order valence-corrected chi connectivity index (χ1v) is 7.80. The van der Waals surface area contributed by atoms with Crippen LogP contribution in [0.25, 0.3) is 0 Å². The van der Waals surface area contributed by atoms with Crippen molar-refractivity contribution in [1.29, 1.82) is 0 Å². The fourth-order valence-electron chi connectivity index (χ4n) is 2.53. The SMILES string of the molecule is CC(C)(C)OC(=O)N1CCC[C@@H](NCc2ccccc2F)C1. The van der Waals surface area contributed by atoms with Gasteiger partial charge in [-0.1, -0.05) is 18.2 Å². The lowest BCUT2D eigenvalue weighted by molar-refractivity contribution is 0.0187. The normalized spacial score (nSPS) is 19.1. The average molecular weight is 308 g/mol. The van der Waals surface area contributed by atoms with Crippen molar-refractivity contribution in [3.05, 3.63) is 35.6 Å². The zero-order chi connectivity index (χ0) is 16.2. The monoisotopic (exact) mass is 308 g/mol. The van der Waals surface area contributed by atoms with Crippen molar-refractivity contribution in [3.8, 4) is 0 Å². The molecule has 1 N–H and O–H groups in total. The number of nitrogens with one attached hydrogen (secondary N) is 1. The molecule has 122 valence electrons. The lowest BCUT2D eigenvalue weighted by atomic mass is 10.1. The summed E-state index contributed by atoms with van der Waals surface area (Å²) in [6, 6.07) is 6.92. The molecule has 0 spiro atoms. The first-order valence-electron chi connectivity index (χ1n) is 7.80. The van der Waals surface area contributed by atoms with Gasteiger partial charge in [-0.3, -0.25) is 0 Å². The molecule has 1 saturated heterocycles. The van der Waals surface area contributed by atoms with Crippen molar-refractivity contribution in [2.24, 2.45) is 0 Å². The van der Waals surface area contributed by atoms with Crippen molar-refractivity contribution >= 4 is 6.09 Å². The van der Waals surface area contributed by atoms with Crippen molar-refractivity contribution in [3.63, 3.8) is 0 Å². The number of amides is 1. The second-order valence-corrected chi connectivity index (χ2v) is 6.74. The quantitative estimate of drug-likeness (QED) is 0.931. The summed E-state index contributed by atoms with van der Waals surface area (Å²) in [6.45, 7) is 7.38. The average Bonchev–Trinajstić information content (AvgIpc) is 2.45. The highest BCUT2D eigenvalue weighted by Gasteiger charge is 2.27. The van der Waals surface area contributed by atoms with Gasteiger partial charge in [0.2, 0.25) is 0 Å². The van der Waals surface area contributed by atoms with Crippen LogP contribution in [-0.2, 0) is 11.3 Å². The van der Waals surface area contributed by atoms with E-state index in [0.29, 0.717) is 25.2 Å². The van der Waals surface area contributed by atoms with Gasteiger partial charge < -0.3 is 15.0 Å². The second-order valence-electron chi connectivity index (χ2n) is 6.74. The molecule has 1 amide bonds. The van der Waals surface area contributed by atoms with Crippen LogP contribution in [-0.4, -0.2) is 35.7 Å². The highest BCUT2D eigenvalue weighted by atomic mass is 19.1. The molecule has 0 saturated carbocycles. The molecule has 1 atom stereocenters. The number of rotatable bonds is 3. The van der Waals surface area contributed by atoms with Crippen LogP contribution in [0.5, 0.6) is 0 Å². The molecule has 0 unspecified atom stereocenters. The molecule has 0 aliphatic carbocycles. The van der Waals surface area contributed by atoms with Crippen molar-refractivity contribution in [1.82, 2.24) is 10.2 Å². The van der Waals surface area contributed by atoms with Crippen LogP contribution >= 0.6 is 0 Å². The minimum Gasteiger partial charge on any atom is -0.444 e. The van der Waals surface area contributed by atoms with E-state index in [9.17, 15) is 9.18 Å². The van der Waals surface area contributed by atoms with Crippen LogP contribution in [0.4, 0.5) is 9.18 Å². The number of benzene rings is 1. The maximum Gasteiger partial charge on any atom is 0.410 e. The smallest absolute Gasteiger partial charge is 0.410 e. The molecular formula is C17H25FN2O2. The van der Waals surface area contributed by atoms with Gasteiger partial charge in [-0.15, -0.1) is 0 Å². The number of carbonyl (C=O) groups is 1. The fourth-order valence-corrected chi connectivity index (χ4v) is 2.53. The maximum absolute atomic E-state index is 13.6. The standard InChI is InChI=1S/C17H25FN2O2/c1-17(2,3)22-16(21)20-10-6-8-14(12-20)19-11-13-7-4-5-9-15(13)18/h4-5,7,9,14,19H,6,8,10-12H2,1-3H3/t14-/m1/s1. The number of likely N-dealkylation sites (tertiary alicyclic amines) is 1. The molecule has 0 bridgehead atoms. The van der Waals surface area contributed by atoms with E-state index in [1.165, 1.54) is 6.07 Å². The Morgan fingerprint density at radius 1 is 1.41 bits per heavy atom. The molecule has 2 rings (SSSR count). The summed E-state index contributed by atoms with van der Waals surface area (Å²) in [5.41, 5.74) is 0.168. The molecule has 22 heavy (non-hydrogen) atoms. The number of hydrogen-bond donors (Lipinski definition) is 1. The molecule has 5 heteroatoms. The predicted octanol–water partition coefficient (Wildman–Crippen LogP) is 3.31. The molecule has 4 nitrogen and oxygen atoms in total. The van der Waals surface area contributed by atoms with Crippen LogP contribution in [0.1, 0.15) is 39.2 Å². The summed E-state index contributed by atoms with van der Waals surface area (Å²) < 4.78 is 19.0. The van der Waals surface area contributed by atoms with E-state index in [2.05, 4.69) is 5.32 Å². The third-order valence-electron chi connectivity index (χ3n) is 3.61. The van der Waals surface area contributed by atoms with Crippen LogP contribution in [0, 0.1) is 5.82 Å². The topological polar surface area (TPSA) is 41.6 Å². The van der Waals surface area contributed by atoms with Crippen LogP contribution in [0.3, 0.4) is 0 Å². The highest BCUT2D eigenvalue weighted by molar-refractivity contribution is 5.68. The summed E-state index contributed by atoms with van der Waals surface area (Å²) >= 11 is 0. The lowest BCUT2D eigenvalue weighted by Gasteiger charge is -2.34. The van der Waals surface area contributed by atoms with Gasteiger partial charge in [0.1, 0.15) is 11.4 Å². The Balaban J connectivity index is 1.86. The van der Waals surface area contributed by atoms with Gasteiger partial charge in [-0.05, 0) is 39.7 Å². The molecule has 1 aliphatic rings. The Morgan fingerprint density at radius 3 is 2.82 bits per heavy atom. The molecule has 1 aromatic rings. The molecule has 1 fully saturated rings. The Bertz CT molecular complexity index is 514. The van der Waals surface area contributed by atoms with Gasteiger partial charge >= 0.3 is 6.09 Å². The van der Waals surface area contributed by atoms with Gasteiger partial charge in [-0.2, -0.15) is 0 Å². The van der Waals surface area contributed by atoms with E-state index in [4.69, 9.17) is 4.74 Å². The number of piperidine rings is 1. The van der Waals surface area contributed by atoms with Gasteiger partial charge in [0, 0.05) is 31.2 Å².